The summed E-state index contributed by atoms with van der Waals surface area (Å²) in [5.41, 5.74) is 1.61. The lowest BCUT2D eigenvalue weighted by atomic mass is 10.2. The van der Waals surface area contributed by atoms with Gasteiger partial charge in [-0.3, -0.25) is 0 Å². The van der Waals surface area contributed by atoms with E-state index in [1.165, 1.54) is 0 Å². The van der Waals surface area contributed by atoms with Crippen LogP contribution in [0.4, 0.5) is 11.4 Å². The van der Waals surface area contributed by atoms with Gasteiger partial charge >= 0.3 is 0 Å². The molecule has 0 atom stereocenters. The highest BCUT2D eigenvalue weighted by Crippen LogP contribution is 2.31. The molecule has 23 heavy (non-hydrogen) atoms. The molecule has 1 aromatic carbocycles. The van der Waals surface area contributed by atoms with E-state index in [2.05, 4.69) is 24.5 Å². The molecule has 0 heterocycles. The molecular formula is C18H32N2O3. The Kier molecular flexibility index (Phi) is 11.1. The Morgan fingerprint density at radius 2 is 1.48 bits per heavy atom. The quantitative estimate of drug-likeness (QED) is 0.358. The van der Waals surface area contributed by atoms with Gasteiger partial charge in [0.05, 0.1) is 18.9 Å². The fourth-order valence-electron chi connectivity index (χ4n) is 2.08. The SMILES string of the molecule is CCCCOCCNc1cccc(O)c1NCCOCCCC. The minimum absolute atomic E-state index is 0.246. The summed E-state index contributed by atoms with van der Waals surface area (Å²) in [6.07, 6.45) is 4.47. The molecule has 1 rings (SSSR count). The van der Waals surface area contributed by atoms with Crippen molar-refractivity contribution in [2.45, 2.75) is 39.5 Å². The summed E-state index contributed by atoms with van der Waals surface area (Å²) in [5, 5.41) is 16.6. The third-order valence-corrected chi connectivity index (χ3v) is 3.44. The zero-order valence-corrected chi connectivity index (χ0v) is 14.6. The second kappa shape index (κ2) is 13.0. The van der Waals surface area contributed by atoms with Crippen LogP contribution in [-0.2, 0) is 9.47 Å². The summed E-state index contributed by atoms with van der Waals surface area (Å²) in [7, 11) is 0. The van der Waals surface area contributed by atoms with E-state index >= 15 is 0 Å². The van der Waals surface area contributed by atoms with Gasteiger partial charge in [0.15, 0.2) is 0 Å². The topological polar surface area (TPSA) is 62.8 Å². The van der Waals surface area contributed by atoms with Gasteiger partial charge in [0.1, 0.15) is 11.4 Å². The van der Waals surface area contributed by atoms with Gasteiger partial charge in [0.25, 0.3) is 0 Å². The summed E-state index contributed by atoms with van der Waals surface area (Å²) in [6, 6.07) is 5.47. The van der Waals surface area contributed by atoms with Crippen molar-refractivity contribution < 1.29 is 14.6 Å². The van der Waals surface area contributed by atoms with Gasteiger partial charge < -0.3 is 25.2 Å². The molecule has 5 nitrogen and oxygen atoms in total. The maximum atomic E-state index is 10.0. The van der Waals surface area contributed by atoms with E-state index in [1.54, 1.807) is 6.07 Å². The first-order valence-electron chi connectivity index (χ1n) is 8.74. The van der Waals surface area contributed by atoms with Crippen molar-refractivity contribution in [1.82, 2.24) is 0 Å². The Morgan fingerprint density at radius 1 is 0.870 bits per heavy atom. The van der Waals surface area contributed by atoms with Crippen LogP contribution in [0.1, 0.15) is 39.5 Å². The van der Waals surface area contributed by atoms with Crippen molar-refractivity contribution in [2.24, 2.45) is 0 Å². The molecule has 5 heteroatoms. The summed E-state index contributed by atoms with van der Waals surface area (Å²) < 4.78 is 11.1. The standard InChI is InChI=1S/C18H32N2O3/c1-3-5-12-22-14-10-19-16-8-7-9-17(21)18(16)20-11-15-23-13-6-4-2/h7-9,19-21H,3-6,10-15H2,1-2H3. The van der Waals surface area contributed by atoms with Crippen LogP contribution in [-0.4, -0.2) is 44.6 Å². The number of hydrogen-bond acceptors (Lipinski definition) is 5. The number of para-hydroxylation sites is 1. The molecule has 0 bridgehead atoms. The molecule has 0 aromatic heterocycles. The van der Waals surface area contributed by atoms with Crippen molar-refractivity contribution in [3.63, 3.8) is 0 Å². The molecule has 1 aromatic rings. The smallest absolute Gasteiger partial charge is 0.140 e. The molecule has 3 N–H and O–H groups in total. The first-order valence-corrected chi connectivity index (χ1v) is 8.74. The average molecular weight is 324 g/mol. The average Bonchev–Trinajstić information content (AvgIpc) is 2.56. The number of phenols is 1. The van der Waals surface area contributed by atoms with Gasteiger partial charge in [0.2, 0.25) is 0 Å². The number of hydrogen-bond donors (Lipinski definition) is 3. The second-order valence-electron chi connectivity index (χ2n) is 5.49. The van der Waals surface area contributed by atoms with E-state index in [1.807, 2.05) is 12.1 Å². The van der Waals surface area contributed by atoms with E-state index in [0.29, 0.717) is 19.8 Å². The highest BCUT2D eigenvalue weighted by atomic mass is 16.5. The zero-order chi connectivity index (χ0) is 16.8. The molecule has 0 aliphatic carbocycles. The monoisotopic (exact) mass is 324 g/mol. The van der Waals surface area contributed by atoms with E-state index in [-0.39, 0.29) is 5.75 Å². The van der Waals surface area contributed by atoms with Crippen molar-refractivity contribution in [3.8, 4) is 5.75 Å². The van der Waals surface area contributed by atoms with Crippen molar-refractivity contribution >= 4 is 11.4 Å². The molecular weight excluding hydrogens is 292 g/mol. The normalized spacial score (nSPS) is 10.7. The summed E-state index contributed by atoms with van der Waals surface area (Å²) >= 11 is 0. The van der Waals surface area contributed by atoms with Crippen molar-refractivity contribution in [2.75, 3.05) is 50.2 Å². The predicted octanol–water partition coefficient (Wildman–Crippen LogP) is 3.85. The largest absolute Gasteiger partial charge is 0.506 e. The van der Waals surface area contributed by atoms with Crippen molar-refractivity contribution in [3.05, 3.63) is 18.2 Å². The van der Waals surface area contributed by atoms with E-state index < -0.39 is 0 Å². The number of unbranched alkanes of at least 4 members (excludes halogenated alkanes) is 2. The molecule has 0 saturated heterocycles. The maximum absolute atomic E-state index is 10.0. The Morgan fingerprint density at radius 3 is 2.09 bits per heavy atom. The third kappa shape index (κ3) is 8.67. The first-order chi connectivity index (χ1) is 11.3. The fourth-order valence-corrected chi connectivity index (χ4v) is 2.08. The van der Waals surface area contributed by atoms with Gasteiger partial charge in [0, 0.05) is 26.3 Å². The number of nitrogens with one attached hydrogen (secondary N) is 2. The summed E-state index contributed by atoms with van der Waals surface area (Å²) in [6.45, 7) is 8.57. The lowest BCUT2D eigenvalue weighted by molar-refractivity contribution is 0.140. The summed E-state index contributed by atoms with van der Waals surface area (Å²) in [4.78, 5) is 0. The van der Waals surface area contributed by atoms with Gasteiger partial charge in [-0.25, -0.2) is 0 Å². The van der Waals surface area contributed by atoms with Gasteiger partial charge in [-0.2, -0.15) is 0 Å². The Bertz CT molecular complexity index is 413. The molecule has 0 fully saturated rings. The Labute approximate surface area is 140 Å². The van der Waals surface area contributed by atoms with Crippen LogP contribution in [0.15, 0.2) is 18.2 Å². The van der Waals surface area contributed by atoms with Gasteiger partial charge in [-0.1, -0.05) is 32.8 Å². The molecule has 0 amide bonds. The van der Waals surface area contributed by atoms with Gasteiger partial charge in [-0.05, 0) is 25.0 Å². The molecule has 0 unspecified atom stereocenters. The highest BCUT2D eigenvalue weighted by Gasteiger charge is 2.06. The number of phenolic OH excluding ortho intramolecular Hbond substituents is 1. The van der Waals surface area contributed by atoms with Crippen LogP contribution in [0.2, 0.25) is 0 Å². The number of benzene rings is 1. The van der Waals surface area contributed by atoms with Crippen LogP contribution in [0.5, 0.6) is 5.75 Å². The molecule has 132 valence electrons. The Hall–Kier alpha value is -1.46. The highest BCUT2D eigenvalue weighted by molar-refractivity contribution is 5.75. The number of anilines is 2. The van der Waals surface area contributed by atoms with E-state index in [0.717, 1.165) is 56.8 Å². The minimum Gasteiger partial charge on any atom is -0.506 e. The van der Waals surface area contributed by atoms with Crippen LogP contribution in [0, 0.1) is 0 Å². The van der Waals surface area contributed by atoms with E-state index in [9.17, 15) is 5.11 Å². The molecule has 0 aliphatic rings. The Balaban J connectivity index is 2.33. The maximum Gasteiger partial charge on any atom is 0.140 e. The summed E-state index contributed by atoms with van der Waals surface area (Å²) in [5.74, 6) is 0.246. The first kappa shape index (κ1) is 19.6. The van der Waals surface area contributed by atoms with E-state index in [4.69, 9.17) is 9.47 Å². The number of ether oxygens (including phenoxy) is 2. The minimum atomic E-state index is 0.246. The van der Waals surface area contributed by atoms with Crippen LogP contribution in [0.3, 0.4) is 0 Å². The zero-order valence-electron chi connectivity index (χ0n) is 14.6. The molecule has 0 radical (unpaired) electrons. The van der Waals surface area contributed by atoms with Crippen LogP contribution < -0.4 is 10.6 Å². The molecule has 0 saturated carbocycles. The predicted molar refractivity (Wildman–Crippen MR) is 96.5 cm³/mol. The van der Waals surface area contributed by atoms with Crippen LogP contribution >= 0.6 is 0 Å². The van der Waals surface area contributed by atoms with Crippen molar-refractivity contribution in [1.29, 1.82) is 0 Å². The third-order valence-electron chi connectivity index (χ3n) is 3.44. The second-order valence-corrected chi connectivity index (χ2v) is 5.49. The van der Waals surface area contributed by atoms with Crippen LogP contribution in [0.25, 0.3) is 0 Å². The number of rotatable bonds is 14. The lowest BCUT2D eigenvalue weighted by Gasteiger charge is -2.15. The van der Waals surface area contributed by atoms with Gasteiger partial charge in [-0.15, -0.1) is 0 Å². The molecule has 0 spiro atoms. The molecule has 0 aliphatic heterocycles. The number of aromatic hydroxyl groups is 1. The lowest BCUT2D eigenvalue weighted by Crippen LogP contribution is -2.14. The fraction of sp³-hybridized carbons (Fsp3) is 0.667.